The van der Waals surface area contributed by atoms with Crippen molar-refractivity contribution in [3.8, 4) is 22.8 Å². The van der Waals surface area contributed by atoms with Gasteiger partial charge in [-0.25, -0.2) is 9.37 Å². The van der Waals surface area contributed by atoms with Crippen LogP contribution >= 0.6 is 11.6 Å². The Balaban J connectivity index is 1.61. The molecule has 184 valence electrons. The highest BCUT2D eigenvalue weighted by Gasteiger charge is 2.37. The number of nitrogens with zero attached hydrogens (tertiary/aromatic N) is 4. The van der Waals surface area contributed by atoms with Crippen LogP contribution in [-0.2, 0) is 11.3 Å². The molecule has 0 aliphatic carbocycles. The van der Waals surface area contributed by atoms with Crippen molar-refractivity contribution in [2.75, 3.05) is 39.3 Å². The van der Waals surface area contributed by atoms with Crippen LogP contribution < -0.4 is 4.74 Å². The Bertz CT molecular complexity index is 1180. The van der Waals surface area contributed by atoms with Gasteiger partial charge >= 0.3 is 0 Å². The van der Waals surface area contributed by atoms with Crippen LogP contribution in [0.15, 0.2) is 30.9 Å². The van der Waals surface area contributed by atoms with Crippen LogP contribution in [0.1, 0.15) is 28.9 Å². The van der Waals surface area contributed by atoms with Crippen LogP contribution in [0.25, 0.3) is 11.3 Å². The first-order valence-corrected chi connectivity index (χ1v) is 12.0. The van der Waals surface area contributed by atoms with Crippen LogP contribution in [0.4, 0.5) is 4.39 Å². The number of aromatic nitrogens is 1. The number of hydrogen-bond acceptors (Lipinski definition) is 6. The second-order valence-corrected chi connectivity index (χ2v) is 9.37. The van der Waals surface area contributed by atoms with Crippen molar-refractivity contribution in [1.29, 1.82) is 0 Å². The van der Waals surface area contributed by atoms with Gasteiger partial charge in [0.2, 0.25) is 5.91 Å². The highest BCUT2D eigenvalue weighted by molar-refractivity contribution is 6.35. The Morgan fingerprint density at radius 1 is 1.20 bits per heavy atom. The largest absolute Gasteiger partial charge is 0.507 e. The third-order valence-corrected chi connectivity index (χ3v) is 7.24. The summed E-state index contributed by atoms with van der Waals surface area (Å²) in [5.74, 6) is -1.19. The molecule has 0 radical (unpaired) electrons. The van der Waals surface area contributed by atoms with Crippen molar-refractivity contribution in [2.45, 2.75) is 25.4 Å². The number of ether oxygens (including phenoxy) is 1. The minimum Gasteiger partial charge on any atom is -0.507 e. The number of fused-ring (bicyclic) bond motifs is 2. The second-order valence-electron chi connectivity index (χ2n) is 8.99. The molecule has 2 amide bonds. The number of hydrogen-bond donors (Lipinski definition) is 1. The zero-order valence-corrected chi connectivity index (χ0v) is 19.9. The van der Waals surface area contributed by atoms with Gasteiger partial charge in [0.25, 0.3) is 5.91 Å². The minimum absolute atomic E-state index is 0.0353. The van der Waals surface area contributed by atoms with Crippen molar-refractivity contribution in [3.05, 3.63) is 53.0 Å². The van der Waals surface area contributed by atoms with Gasteiger partial charge in [0, 0.05) is 44.8 Å². The summed E-state index contributed by atoms with van der Waals surface area (Å²) in [6.45, 7) is 6.92. The van der Waals surface area contributed by atoms with E-state index in [-0.39, 0.29) is 57.9 Å². The lowest BCUT2D eigenvalue weighted by molar-refractivity contribution is -0.129. The van der Waals surface area contributed by atoms with E-state index < -0.39 is 5.82 Å². The number of pyridine rings is 1. The first kappa shape index (κ1) is 23.6. The van der Waals surface area contributed by atoms with Crippen molar-refractivity contribution < 1.29 is 23.8 Å². The molecule has 5 rings (SSSR count). The Kier molecular flexibility index (Phi) is 6.37. The lowest BCUT2D eigenvalue weighted by Gasteiger charge is -2.39. The molecule has 10 heteroatoms. The molecule has 0 unspecified atom stereocenters. The molecular weight excluding hydrogens is 475 g/mol. The monoisotopic (exact) mass is 500 g/mol. The second kappa shape index (κ2) is 9.47. The molecule has 3 aliphatic rings. The topological polar surface area (TPSA) is 86.2 Å². The van der Waals surface area contributed by atoms with Gasteiger partial charge < -0.3 is 19.6 Å². The zero-order chi connectivity index (χ0) is 24.7. The predicted molar refractivity (Wildman–Crippen MR) is 128 cm³/mol. The van der Waals surface area contributed by atoms with Gasteiger partial charge in [0.1, 0.15) is 40.3 Å². The number of aromatic hydroxyl groups is 1. The van der Waals surface area contributed by atoms with E-state index >= 15 is 0 Å². The number of amides is 2. The summed E-state index contributed by atoms with van der Waals surface area (Å²) in [5.41, 5.74) is 0.475. The Morgan fingerprint density at radius 2 is 1.97 bits per heavy atom. The number of piperazine rings is 1. The Morgan fingerprint density at radius 3 is 2.69 bits per heavy atom. The van der Waals surface area contributed by atoms with Gasteiger partial charge in [0.05, 0.1) is 11.6 Å². The maximum atomic E-state index is 14.8. The highest BCUT2D eigenvalue weighted by Crippen LogP contribution is 2.44. The Hall–Kier alpha value is -3.17. The molecule has 0 saturated carbocycles. The maximum Gasteiger partial charge on any atom is 0.272 e. The third kappa shape index (κ3) is 4.23. The number of rotatable bonds is 3. The average Bonchev–Trinajstić information content (AvgIpc) is 3.32. The van der Waals surface area contributed by atoms with Crippen molar-refractivity contribution in [3.63, 3.8) is 0 Å². The van der Waals surface area contributed by atoms with Gasteiger partial charge in [-0.3, -0.25) is 14.5 Å². The number of carbonyl (C=O) groups is 2. The SMILES string of the molecule is C=CC(=O)N1CCN2Cc3c(C(=O)N4CCCC4)nc(-c4c(O)cccc4F)c(Cl)c3OC[C@H]2C1. The van der Waals surface area contributed by atoms with E-state index in [4.69, 9.17) is 16.3 Å². The summed E-state index contributed by atoms with van der Waals surface area (Å²) in [5, 5.41) is 10.5. The van der Waals surface area contributed by atoms with E-state index in [9.17, 15) is 19.1 Å². The van der Waals surface area contributed by atoms with Gasteiger partial charge in [0.15, 0.2) is 0 Å². The molecule has 0 bridgehead atoms. The number of halogens is 2. The van der Waals surface area contributed by atoms with Crippen LogP contribution in [-0.4, -0.2) is 82.0 Å². The fourth-order valence-corrected chi connectivity index (χ4v) is 5.31. The number of phenolic OH excluding ortho intramolecular Hbond substituents is 1. The molecule has 35 heavy (non-hydrogen) atoms. The van der Waals surface area contributed by atoms with E-state index in [0.717, 1.165) is 12.8 Å². The fraction of sp³-hybridized carbons (Fsp3) is 0.400. The van der Waals surface area contributed by atoms with Crippen molar-refractivity contribution in [2.24, 2.45) is 0 Å². The van der Waals surface area contributed by atoms with E-state index in [1.807, 2.05) is 0 Å². The fourth-order valence-electron chi connectivity index (χ4n) is 5.00. The molecule has 1 N–H and O–H groups in total. The molecule has 2 saturated heterocycles. The van der Waals surface area contributed by atoms with E-state index in [1.54, 1.807) is 9.80 Å². The molecule has 3 aliphatic heterocycles. The molecule has 8 nitrogen and oxygen atoms in total. The van der Waals surface area contributed by atoms with E-state index in [2.05, 4.69) is 16.5 Å². The summed E-state index contributed by atoms with van der Waals surface area (Å²) >= 11 is 6.73. The normalized spacial score (nSPS) is 20.0. The van der Waals surface area contributed by atoms with E-state index in [1.165, 1.54) is 24.3 Å². The number of benzene rings is 1. The summed E-state index contributed by atoms with van der Waals surface area (Å²) < 4.78 is 21.0. The molecule has 1 aromatic carbocycles. The molecular formula is C25H26ClFN4O4. The summed E-state index contributed by atoms with van der Waals surface area (Å²) in [7, 11) is 0. The minimum atomic E-state index is -0.705. The zero-order valence-electron chi connectivity index (χ0n) is 19.2. The molecule has 0 spiro atoms. The standard InChI is InChI=1S/C25H26ClFN4O4/c1-2-19(33)31-11-10-30-13-16-22(25(34)29-8-3-4-9-29)28-23(20-17(27)6-5-7-18(20)32)21(26)24(16)35-14-15(30)12-31/h2,5-7,15,32H,1,3-4,8-14H2/t15-/m1/s1. The maximum absolute atomic E-state index is 14.8. The highest BCUT2D eigenvalue weighted by atomic mass is 35.5. The summed E-state index contributed by atoms with van der Waals surface area (Å²) in [6, 6.07) is 3.80. The number of phenols is 1. The molecule has 2 aromatic rings. The first-order chi connectivity index (χ1) is 16.9. The van der Waals surface area contributed by atoms with Crippen LogP contribution in [0.3, 0.4) is 0 Å². The number of likely N-dealkylation sites (tertiary alicyclic amines) is 1. The Labute approximate surface area is 207 Å². The quantitative estimate of drug-likeness (QED) is 0.652. The van der Waals surface area contributed by atoms with Gasteiger partial charge in [-0.15, -0.1) is 0 Å². The van der Waals surface area contributed by atoms with Crippen LogP contribution in [0.2, 0.25) is 5.02 Å². The third-order valence-electron chi connectivity index (χ3n) is 6.89. The van der Waals surface area contributed by atoms with Gasteiger partial charge in [-0.2, -0.15) is 0 Å². The van der Waals surface area contributed by atoms with Gasteiger partial charge in [-0.05, 0) is 31.1 Å². The number of carbonyl (C=O) groups excluding carboxylic acids is 2. The molecule has 2 fully saturated rings. The lowest BCUT2D eigenvalue weighted by Crippen LogP contribution is -2.55. The predicted octanol–water partition coefficient (Wildman–Crippen LogP) is 3.07. The molecule has 1 atom stereocenters. The lowest BCUT2D eigenvalue weighted by atomic mass is 10.0. The van der Waals surface area contributed by atoms with Crippen molar-refractivity contribution in [1.82, 2.24) is 19.7 Å². The molecule has 4 heterocycles. The average molecular weight is 501 g/mol. The summed E-state index contributed by atoms with van der Waals surface area (Å²) in [4.78, 5) is 35.9. The van der Waals surface area contributed by atoms with Gasteiger partial charge in [-0.1, -0.05) is 24.2 Å². The van der Waals surface area contributed by atoms with E-state index in [0.29, 0.717) is 44.8 Å². The van der Waals surface area contributed by atoms with Crippen molar-refractivity contribution >= 4 is 23.4 Å². The van der Waals surface area contributed by atoms with Crippen LogP contribution in [0, 0.1) is 5.82 Å². The summed E-state index contributed by atoms with van der Waals surface area (Å²) in [6.07, 6.45) is 3.10. The molecule has 1 aromatic heterocycles. The smallest absolute Gasteiger partial charge is 0.272 e. The van der Waals surface area contributed by atoms with Crippen LogP contribution in [0.5, 0.6) is 11.5 Å². The first-order valence-electron chi connectivity index (χ1n) is 11.7.